The van der Waals surface area contributed by atoms with Gasteiger partial charge in [0.15, 0.2) is 5.78 Å². The van der Waals surface area contributed by atoms with Crippen molar-refractivity contribution < 1.29 is 4.79 Å². The molecule has 0 saturated heterocycles. The van der Waals surface area contributed by atoms with Crippen LogP contribution in [0.3, 0.4) is 0 Å². The van der Waals surface area contributed by atoms with E-state index in [1.807, 2.05) is 27.7 Å². The lowest BCUT2D eigenvalue weighted by atomic mass is 10.00. The molecule has 1 unspecified atom stereocenters. The highest BCUT2D eigenvalue weighted by molar-refractivity contribution is 5.96. The zero-order chi connectivity index (χ0) is 12.2. The Morgan fingerprint density at radius 2 is 1.47 bits per heavy atom. The second-order valence-corrected chi connectivity index (χ2v) is 5.07. The molecule has 88 valence electrons. The van der Waals surface area contributed by atoms with Crippen LogP contribution in [0.4, 0.5) is 0 Å². The van der Waals surface area contributed by atoms with Gasteiger partial charge in [0, 0.05) is 12.0 Å². The van der Waals surface area contributed by atoms with Crippen molar-refractivity contribution in [1.29, 1.82) is 0 Å². The van der Waals surface area contributed by atoms with Crippen molar-refractivity contribution in [2.45, 2.75) is 54.5 Å². The zero-order valence-electron chi connectivity index (χ0n) is 11.1. The minimum atomic E-state index is 0.0572. The number of carbonyl (C=O) groups is 1. The molecule has 0 aromatic carbocycles. The summed E-state index contributed by atoms with van der Waals surface area (Å²) < 4.78 is 0. The molecule has 0 heterocycles. The van der Waals surface area contributed by atoms with E-state index < -0.39 is 0 Å². The van der Waals surface area contributed by atoms with E-state index in [-0.39, 0.29) is 11.7 Å². The molecule has 0 saturated carbocycles. The van der Waals surface area contributed by atoms with Crippen molar-refractivity contribution in [3.05, 3.63) is 11.3 Å². The van der Waals surface area contributed by atoms with Gasteiger partial charge in [-0.1, -0.05) is 27.7 Å². The molecule has 0 aromatic rings. The number of Topliss-reactive ketones (excluding diaryl/α,β-unsaturated/α-hetero) is 1. The first-order valence-electron chi connectivity index (χ1n) is 5.75. The number of carbonyl (C=O) groups excluding carboxylic acids is 1. The van der Waals surface area contributed by atoms with Crippen molar-refractivity contribution in [3.63, 3.8) is 0 Å². The van der Waals surface area contributed by atoms with E-state index in [0.29, 0.717) is 12.0 Å². The summed E-state index contributed by atoms with van der Waals surface area (Å²) in [6.45, 7) is 14.3. The molecule has 0 aliphatic heterocycles. The Morgan fingerprint density at radius 1 is 1.00 bits per heavy atom. The Kier molecular flexibility index (Phi) is 5.63. The van der Waals surface area contributed by atoms with Crippen LogP contribution < -0.4 is 5.32 Å². The molecule has 0 bridgehead atoms. The molecule has 2 nitrogen and oxygen atoms in total. The van der Waals surface area contributed by atoms with Crippen molar-refractivity contribution in [2.75, 3.05) is 0 Å². The summed E-state index contributed by atoms with van der Waals surface area (Å²) in [5.74, 6) is 0.795. The Labute approximate surface area is 94.1 Å². The average Bonchev–Trinajstić information content (AvgIpc) is 2.11. The lowest BCUT2D eigenvalue weighted by Crippen LogP contribution is -2.35. The van der Waals surface area contributed by atoms with Crippen LogP contribution in [0.1, 0.15) is 48.5 Å². The molecule has 0 radical (unpaired) electrons. The molecular formula is C13H25NO. The molecule has 0 aliphatic carbocycles. The summed E-state index contributed by atoms with van der Waals surface area (Å²) in [6.07, 6.45) is 0. The third-order valence-corrected chi connectivity index (χ3v) is 2.64. The van der Waals surface area contributed by atoms with E-state index in [1.54, 1.807) is 0 Å². The number of nitrogens with one attached hydrogen (secondary N) is 1. The average molecular weight is 211 g/mol. The second kappa shape index (κ2) is 5.94. The Balaban J connectivity index is 4.74. The van der Waals surface area contributed by atoms with Gasteiger partial charge in [0.1, 0.15) is 0 Å². The minimum Gasteiger partial charge on any atom is -0.380 e. The van der Waals surface area contributed by atoms with Crippen molar-refractivity contribution in [2.24, 2.45) is 11.8 Å². The van der Waals surface area contributed by atoms with E-state index in [4.69, 9.17) is 0 Å². The van der Waals surface area contributed by atoms with Crippen molar-refractivity contribution >= 4 is 5.78 Å². The van der Waals surface area contributed by atoms with Gasteiger partial charge < -0.3 is 5.32 Å². The van der Waals surface area contributed by atoms with Gasteiger partial charge >= 0.3 is 0 Å². The van der Waals surface area contributed by atoms with Gasteiger partial charge in [0.25, 0.3) is 0 Å². The van der Waals surface area contributed by atoms with E-state index in [0.717, 1.165) is 11.3 Å². The Hall–Kier alpha value is -0.790. The Bertz CT molecular complexity index is 247. The summed E-state index contributed by atoms with van der Waals surface area (Å²) in [6, 6.07) is 0.331. The fourth-order valence-electron chi connectivity index (χ4n) is 1.14. The van der Waals surface area contributed by atoms with Crippen LogP contribution in [0.2, 0.25) is 0 Å². The molecule has 0 aromatic heterocycles. The standard InChI is InChI=1S/C13H25NO/c1-8(2)11(7)14-12(9(3)4)13(15)10(5)6/h8,10-11,14H,1-7H3. The summed E-state index contributed by atoms with van der Waals surface area (Å²) in [7, 11) is 0. The molecule has 1 atom stereocenters. The van der Waals surface area contributed by atoms with Gasteiger partial charge in [-0.05, 0) is 32.3 Å². The van der Waals surface area contributed by atoms with Crippen LogP contribution in [0, 0.1) is 11.8 Å². The minimum absolute atomic E-state index is 0.0572. The molecule has 2 heteroatoms. The predicted octanol–water partition coefficient (Wildman–Crippen LogP) is 3.14. The van der Waals surface area contributed by atoms with Crippen LogP contribution in [-0.2, 0) is 4.79 Å². The highest BCUT2D eigenvalue weighted by Gasteiger charge is 2.17. The largest absolute Gasteiger partial charge is 0.380 e. The summed E-state index contributed by atoms with van der Waals surface area (Å²) in [4.78, 5) is 11.9. The van der Waals surface area contributed by atoms with Crippen LogP contribution in [-0.4, -0.2) is 11.8 Å². The van der Waals surface area contributed by atoms with E-state index in [9.17, 15) is 4.79 Å². The predicted molar refractivity (Wildman–Crippen MR) is 65.7 cm³/mol. The molecule has 0 amide bonds. The molecule has 0 spiro atoms. The first-order valence-corrected chi connectivity index (χ1v) is 5.75. The second-order valence-electron chi connectivity index (χ2n) is 5.07. The zero-order valence-corrected chi connectivity index (χ0v) is 11.1. The number of allylic oxidation sites excluding steroid dienone is 2. The van der Waals surface area contributed by atoms with Crippen LogP contribution >= 0.6 is 0 Å². The molecular weight excluding hydrogens is 186 g/mol. The van der Waals surface area contributed by atoms with Crippen molar-refractivity contribution in [1.82, 2.24) is 5.32 Å². The van der Waals surface area contributed by atoms with Gasteiger partial charge in [-0.25, -0.2) is 0 Å². The first-order chi connectivity index (χ1) is 6.77. The maximum atomic E-state index is 11.9. The third-order valence-electron chi connectivity index (χ3n) is 2.64. The van der Waals surface area contributed by atoms with E-state index >= 15 is 0 Å². The number of rotatable bonds is 5. The summed E-state index contributed by atoms with van der Waals surface area (Å²) in [5, 5.41) is 3.33. The first kappa shape index (κ1) is 14.2. The highest BCUT2D eigenvalue weighted by atomic mass is 16.1. The lowest BCUT2D eigenvalue weighted by molar-refractivity contribution is -0.118. The molecule has 0 fully saturated rings. The van der Waals surface area contributed by atoms with Gasteiger partial charge in [-0.15, -0.1) is 0 Å². The number of hydrogen-bond acceptors (Lipinski definition) is 2. The van der Waals surface area contributed by atoms with Gasteiger partial charge in [0.2, 0.25) is 0 Å². The van der Waals surface area contributed by atoms with Gasteiger partial charge in [-0.2, -0.15) is 0 Å². The fourth-order valence-corrected chi connectivity index (χ4v) is 1.14. The molecule has 0 rings (SSSR count). The Morgan fingerprint density at radius 3 is 1.73 bits per heavy atom. The molecule has 1 N–H and O–H groups in total. The smallest absolute Gasteiger partial charge is 0.181 e. The van der Waals surface area contributed by atoms with E-state index in [1.165, 1.54) is 0 Å². The number of ketones is 1. The van der Waals surface area contributed by atoms with Crippen LogP contribution in [0.5, 0.6) is 0 Å². The van der Waals surface area contributed by atoms with Crippen molar-refractivity contribution in [3.8, 4) is 0 Å². The third kappa shape index (κ3) is 4.50. The molecule has 0 aliphatic rings. The summed E-state index contributed by atoms with van der Waals surface area (Å²) >= 11 is 0. The summed E-state index contributed by atoms with van der Waals surface area (Å²) in [5.41, 5.74) is 1.87. The molecule has 15 heavy (non-hydrogen) atoms. The van der Waals surface area contributed by atoms with Gasteiger partial charge in [0.05, 0.1) is 5.70 Å². The quantitative estimate of drug-likeness (QED) is 0.708. The normalized spacial score (nSPS) is 12.9. The topological polar surface area (TPSA) is 29.1 Å². The monoisotopic (exact) mass is 211 g/mol. The van der Waals surface area contributed by atoms with E-state index in [2.05, 4.69) is 26.1 Å². The fraction of sp³-hybridized carbons (Fsp3) is 0.769. The maximum Gasteiger partial charge on any atom is 0.181 e. The van der Waals surface area contributed by atoms with Crippen LogP contribution in [0.25, 0.3) is 0 Å². The maximum absolute atomic E-state index is 11.9. The number of hydrogen-bond donors (Lipinski definition) is 1. The van der Waals surface area contributed by atoms with Gasteiger partial charge in [-0.3, -0.25) is 4.79 Å². The SMILES string of the molecule is CC(C)=C(NC(C)C(C)C)C(=O)C(C)C. The highest BCUT2D eigenvalue weighted by Crippen LogP contribution is 2.11. The van der Waals surface area contributed by atoms with Crippen LogP contribution in [0.15, 0.2) is 11.3 Å². The lowest BCUT2D eigenvalue weighted by Gasteiger charge is -2.22.